The van der Waals surface area contributed by atoms with Crippen molar-refractivity contribution in [3.8, 4) is 0 Å². The van der Waals surface area contributed by atoms with Crippen molar-refractivity contribution >= 4 is 45.0 Å². The molecule has 0 saturated heterocycles. The average Bonchev–Trinajstić information content (AvgIpc) is 2.48. The van der Waals surface area contributed by atoms with Gasteiger partial charge in [-0.25, -0.2) is 0 Å². The van der Waals surface area contributed by atoms with E-state index in [0.29, 0.717) is 11.1 Å². The molecule has 0 atom stereocenters. The zero-order chi connectivity index (χ0) is 14.9. The van der Waals surface area contributed by atoms with Gasteiger partial charge in [0.15, 0.2) is 5.78 Å². The van der Waals surface area contributed by atoms with Crippen molar-refractivity contribution in [2.24, 2.45) is 0 Å². The number of hydrogen-bond acceptors (Lipinski definition) is 3. The molecule has 2 rings (SSSR count). The third-order valence-corrected chi connectivity index (χ3v) is 3.97. The molecule has 0 unspecified atom stereocenters. The van der Waals surface area contributed by atoms with E-state index in [2.05, 4.69) is 15.9 Å². The predicted octanol–water partition coefficient (Wildman–Crippen LogP) is 2.41. The highest BCUT2D eigenvalue weighted by molar-refractivity contribution is 9.09. The van der Waals surface area contributed by atoms with E-state index in [9.17, 15) is 14.4 Å². The predicted molar refractivity (Wildman–Crippen MR) is 79.4 cm³/mol. The highest BCUT2D eigenvalue weighted by Gasteiger charge is 2.31. The lowest BCUT2D eigenvalue weighted by Crippen LogP contribution is -2.33. The summed E-state index contributed by atoms with van der Waals surface area (Å²) in [5, 5.41) is 0.0376. The summed E-state index contributed by atoms with van der Waals surface area (Å²) in [5.41, 5.74) is 0.796. The lowest BCUT2D eigenvalue weighted by Gasteiger charge is -2.22. The maximum atomic E-state index is 12.4. The van der Waals surface area contributed by atoms with Crippen LogP contribution in [0.15, 0.2) is 34.9 Å². The molecule has 1 aromatic rings. The summed E-state index contributed by atoms with van der Waals surface area (Å²) in [6, 6.07) is 6.53. The highest BCUT2D eigenvalue weighted by Crippen LogP contribution is 2.28. The Morgan fingerprint density at radius 1 is 1.20 bits per heavy atom. The number of likely N-dealkylation sites (N-methyl/N-ethyl adjacent to an activating group) is 1. The van der Waals surface area contributed by atoms with E-state index in [-0.39, 0.29) is 40.0 Å². The van der Waals surface area contributed by atoms with E-state index in [1.165, 1.54) is 4.90 Å². The second-order valence-corrected chi connectivity index (χ2v) is 5.32. The van der Waals surface area contributed by atoms with Crippen molar-refractivity contribution in [3.63, 3.8) is 0 Å². The van der Waals surface area contributed by atoms with E-state index < -0.39 is 0 Å². The molecule has 1 aliphatic rings. The molecule has 20 heavy (non-hydrogen) atoms. The minimum atomic E-state index is -0.378. The van der Waals surface area contributed by atoms with Crippen LogP contribution in [-0.4, -0.2) is 41.3 Å². The minimum absolute atomic E-state index is 0.0160. The van der Waals surface area contributed by atoms with Crippen LogP contribution in [0.4, 0.5) is 0 Å². The number of Topliss-reactive ketones (excluding diaryl/α,β-unsaturated/α-hetero) is 2. The molecule has 0 saturated carbocycles. The third kappa shape index (κ3) is 2.55. The average molecular weight is 357 g/mol. The quantitative estimate of drug-likeness (QED) is 0.782. The second kappa shape index (κ2) is 5.89. The highest BCUT2D eigenvalue weighted by atomic mass is 79.9. The number of carbonyl (C=O) groups excluding carboxylic acids is 3. The van der Waals surface area contributed by atoms with Gasteiger partial charge in [0.1, 0.15) is 0 Å². The first-order valence-corrected chi connectivity index (χ1v) is 7.34. The summed E-state index contributed by atoms with van der Waals surface area (Å²) in [4.78, 5) is 37.4. The van der Waals surface area contributed by atoms with Crippen molar-refractivity contribution in [3.05, 3.63) is 46.0 Å². The Hall–Kier alpha value is -1.46. The van der Waals surface area contributed by atoms with Gasteiger partial charge in [0.2, 0.25) is 11.7 Å². The monoisotopic (exact) mass is 355 g/mol. The number of hydrogen-bond donors (Lipinski definition) is 0. The Morgan fingerprint density at radius 3 is 2.30 bits per heavy atom. The molecular weight excluding hydrogens is 346 g/mol. The fourth-order valence-electron chi connectivity index (χ4n) is 1.97. The number of benzene rings is 1. The van der Waals surface area contributed by atoms with Crippen LogP contribution in [0.25, 0.3) is 0 Å². The molecule has 0 spiro atoms. The van der Waals surface area contributed by atoms with E-state index >= 15 is 0 Å². The van der Waals surface area contributed by atoms with Gasteiger partial charge < -0.3 is 4.90 Å². The van der Waals surface area contributed by atoms with Gasteiger partial charge in [-0.1, -0.05) is 51.8 Å². The van der Waals surface area contributed by atoms with Crippen molar-refractivity contribution in [2.45, 2.75) is 0 Å². The zero-order valence-corrected chi connectivity index (χ0v) is 13.0. The van der Waals surface area contributed by atoms with Crippen LogP contribution in [0.1, 0.15) is 20.7 Å². The molecule has 0 N–H and O–H groups in total. The summed E-state index contributed by atoms with van der Waals surface area (Å²) in [6.45, 7) is 0.0160. The number of alkyl halides is 1. The number of carbonyl (C=O) groups is 3. The van der Waals surface area contributed by atoms with Gasteiger partial charge in [-0.15, -0.1) is 0 Å². The molecule has 0 heterocycles. The topological polar surface area (TPSA) is 54.5 Å². The molecule has 1 amide bonds. The SMILES string of the molecule is CN(CC1=C(Cl)C(=O)c2ccccc2C1=O)C(=O)CBr. The lowest BCUT2D eigenvalue weighted by molar-refractivity contribution is -0.126. The van der Waals surface area contributed by atoms with Crippen molar-refractivity contribution in [1.82, 2.24) is 4.90 Å². The van der Waals surface area contributed by atoms with E-state index in [0.717, 1.165) is 0 Å². The molecular formula is C14H11BrClNO3. The summed E-state index contributed by atoms with van der Waals surface area (Å²) < 4.78 is 0. The maximum Gasteiger partial charge on any atom is 0.233 e. The second-order valence-electron chi connectivity index (χ2n) is 4.38. The molecule has 1 aliphatic carbocycles. The first-order valence-electron chi connectivity index (χ1n) is 5.84. The maximum absolute atomic E-state index is 12.4. The summed E-state index contributed by atoms with van der Waals surface area (Å²) >= 11 is 9.06. The van der Waals surface area contributed by atoms with Crippen LogP contribution in [0.3, 0.4) is 0 Å². The van der Waals surface area contributed by atoms with E-state index in [1.54, 1.807) is 31.3 Å². The largest absolute Gasteiger partial charge is 0.341 e. The smallest absolute Gasteiger partial charge is 0.233 e. The number of allylic oxidation sites excluding steroid dienone is 1. The Labute approximate surface area is 129 Å². The van der Waals surface area contributed by atoms with Crippen molar-refractivity contribution in [1.29, 1.82) is 0 Å². The third-order valence-electron chi connectivity index (χ3n) is 3.09. The van der Waals surface area contributed by atoms with Gasteiger partial charge in [0.25, 0.3) is 0 Å². The molecule has 104 valence electrons. The molecule has 0 aliphatic heterocycles. The Balaban J connectivity index is 2.40. The first kappa shape index (κ1) is 14.9. The van der Waals surface area contributed by atoms with Gasteiger partial charge in [0.05, 0.1) is 16.9 Å². The van der Waals surface area contributed by atoms with Gasteiger partial charge in [-0.2, -0.15) is 0 Å². The normalized spacial score (nSPS) is 14.3. The minimum Gasteiger partial charge on any atom is -0.341 e. The fourth-order valence-corrected chi connectivity index (χ4v) is 2.64. The number of amides is 1. The van der Waals surface area contributed by atoms with Crippen LogP contribution in [0.5, 0.6) is 0 Å². The Bertz CT molecular complexity index is 639. The molecule has 0 fully saturated rings. The molecule has 1 aromatic carbocycles. The molecule has 0 aromatic heterocycles. The van der Waals surface area contributed by atoms with Crippen LogP contribution in [0, 0.1) is 0 Å². The van der Waals surface area contributed by atoms with Crippen molar-refractivity contribution in [2.75, 3.05) is 18.9 Å². The van der Waals surface area contributed by atoms with Crippen LogP contribution in [0.2, 0.25) is 0 Å². The standard InChI is InChI=1S/C14H11BrClNO3/c1-17(11(18)6-15)7-10-12(16)14(20)9-5-3-2-4-8(9)13(10)19/h2-5H,6-7H2,1H3. The first-order chi connectivity index (χ1) is 9.47. The van der Waals surface area contributed by atoms with Crippen molar-refractivity contribution < 1.29 is 14.4 Å². The van der Waals surface area contributed by atoms with E-state index in [4.69, 9.17) is 11.6 Å². The Morgan fingerprint density at radius 2 is 1.75 bits per heavy atom. The van der Waals surface area contributed by atoms with Crippen LogP contribution in [-0.2, 0) is 4.79 Å². The molecule has 6 heteroatoms. The van der Waals surface area contributed by atoms with Crippen LogP contribution >= 0.6 is 27.5 Å². The summed E-state index contributed by atoms with van der Waals surface area (Å²) in [6.07, 6.45) is 0. The number of rotatable bonds is 3. The number of halogens is 2. The summed E-state index contributed by atoms with van der Waals surface area (Å²) in [7, 11) is 1.55. The number of ketones is 2. The fraction of sp³-hybridized carbons (Fsp3) is 0.214. The van der Waals surface area contributed by atoms with Crippen LogP contribution < -0.4 is 0 Å². The van der Waals surface area contributed by atoms with Gasteiger partial charge in [-0.05, 0) is 0 Å². The lowest BCUT2D eigenvalue weighted by atomic mass is 9.89. The van der Waals surface area contributed by atoms with Gasteiger partial charge in [0, 0.05) is 23.7 Å². The zero-order valence-electron chi connectivity index (χ0n) is 10.7. The van der Waals surface area contributed by atoms with E-state index in [1.807, 2.05) is 0 Å². The van der Waals surface area contributed by atoms with Gasteiger partial charge >= 0.3 is 0 Å². The Kier molecular flexibility index (Phi) is 4.40. The molecule has 0 radical (unpaired) electrons. The molecule has 0 bridgehead atoms. The number of nitrogens with zero attached hydrogens (tertiary/aromatic N) is 1. The molecule has 4 nitrogen and oxygen atoms in total. The van der Waals surface area contributed by atoms with Gasteiger partial charge in [-0.3, -0.25) is 14.4 Å². The number of fused-ring (bicyclic) bond motifs is 1. The summed E-state index contributed by atoms with van der Waals surface area (Å²) in [5.74, 6) is -0.878.